The third-order valence-corrected chi connectivity index (χ3v) is 5.77. The molecule has 0 aromatic carbocycles. The molecule has 7 heteroatoms. The van der Waals surface area contributed by atoms with Crippen molar-refractivity contribution in [3.63, 3.8) is 0 Å². The Bertz CT molecular complexity index is 364. The molecule has 2 N–H and O–H groups in total. The summed E-state index contributed by atoms with van der Waals surface area (Å²) in [7, 11) is -3.45. The number of ether oxygens (including phenoxy) is 1. The van der Waals surface area contributed by atoms with E-state index in [-0.39, 0.29) is 11.1 Å². The van der Waals surface area contributed by atoms with Gasteiger partial charge in [0.15, 0.2) is 0 Å². The van der Waals surface area contributed by atoms with Crippen molar-refractivity contribution in [3.05, 3.63) is 0 Å². The predicted molar refractivity (Wildman–Crippen MR) is 71.4 cm³/mol. The molecule has 1 aliphatic rings. The third kappa shape index (κ3) is 3.61. The van der Waals surface area contributed by atoms with E-state index < -0.39 is 15.3 Å². The maximum atomic E-state index is 12.2. The molecule has 2 unspecified atom stereocenters. The Morgan fingerprint density at radius 1 is 1.65 bits per heavy atom. The summed E-state index contributed by atoms with van der Waals surface area (Å²) in [6.45, 7) is 4.85. The van der Waals surface area contributed by atoms with E-state index in [4.69, 9.17) is 22.7 Å². The lowest BCUT2D eigenvalue weighted by Gasteiger charge is -2.26. The van der Waals surface area contributed by atoms with Gasteiger partial charge in [-0.05, 0) is 19.8 Å². The largest absolute Gasteiger partial charge is 0.392 e. The molecule has 0 aliphatic carbocycles. The molecule has 17 heavy (non-hydrogen) atoms. The predicted octanol–water partition coefficient (Wildman–Crippen LogP) is 0.492. The molecule has 100 valence electrons. The minimum absolute atomic E-state index is 0.00303. The Morgan fingerprint density at radius 2 is 2.29 bits per heavy atom. The van der Waals surface area contributed by atoms with Gasteiger partial charge in [0.25, 0.3) is 0 Å². The van der Waals surface area contributed by atoms with Crippen LogP contribution in [0.25, 0.3) is 0 Å². The molecule has 0 saturated carbocycles. The summed E-state index contributed by atoms with van der Waals surface area (Å²) in [6, 6.07) is 0. The summed E-state index contributed by atoms with van der Waals surface area (Å²) in [5.74, 6) is 0. The fourth-order valence-electron chi connectivity index (χ4n) is 1.80. The molecule has 1 rings (SSSR count). The second kappa shape index (κ2) is 6.08. The van der Waals surface area contributed by atoms with Gasteiger partial charge >= 0.3 is 0 Å². The van der Waals surface area contributed by atoms with Crippen molar-refractivity contribution in [2.24, 2.45) is 5.73 Å². The summed E-state index contributed by atoms with van der Waals surface area (Å²) >= 11 is 4.76. The molecule has 5 nitrogen and oxygen atoms in total. The van der Waals surface area contributed by atoms with E-state index in [1.807, 2.05) is 0 Å². The average molecular weight is 280 g/mol. The summed E-state index contributed by atoms with van der Waals surface area (Å²) in [4.78, 5) is 0.00999. The maximum Gasteiger partial charge on any atom is 0.223 e. The lowest BCUT2D eigenvalue weighted by molar-refractivity contribution is 0.0946. The molecule has 1 fully saturated rings. The topological polar surface area (TPSA) is 72.6 Å². The first-order chi connectivity index (χ1) is 7.89. The van der Waals surface area contributed by atoms with E-state index in [0.717, 1.165) is 12.8 Å². The van der Waals surface area contributed by atoms with Gasteiger partial charge in [-0.2, -0.15) is 4.31 Å². The van der Waals surface area contributed by atoms with Crippen LogP contribution < -0.4 is 5.73 Å². The number of hydrogen-bond acceptors (Lipinski definition) is 4. The number of hydrogen-bond donors (Lipinski definition) is 1. The molecule has 0 aromatic heterocycles. The quantitative estimate of drug-likeness (QED) is 0.717. The molecule has 0 spiro atoms. The number of nitrogens with zero attached hydrogens (tertiary/aromatic N) is 1. The van der Waals surface area contributed by atoms with Crippen LogP contribution in [0.1, 0.15) is 26.7 Å². The summed E-state index contributed by atoms with van der Waals surface area (Å²) in [5, 5.41) is -0.821. The van der Waals surface area contributed by atoms with E-state index in [2.05, 4.69) is 0 Å². The van der Waals surface area contributed by atoms with Crippen LogP contribution in [0.15, 0.2) is 0 Å². The first-order valence-corrected chi connectivity index (χ1v) is 7.70. The molecule has 0 bridgehead atoms. The normalized spacial score (nSPS) is 22.9. The maximum absolute atomic E-state index is 12.2. The van der Waals surface area contributed by atoms with Crippen LogP contribution in [0.5, 0.6) is 0 Å². The Balaban J connectivity index is 2.74. The zero-order valence-corrected chi connectivity index (χ0v) is 11.9. The second-order valence-electron chi connectivity index (χ2n) is 4.18. The van der Waals surface area contributed by atoms with Crippen LogP contribution in [0.4, 0.5) is 0 Å². The van der Waals surface area contributed by atoms with Crippen LogP contribution in [-0.4, -0.2) is 48.8 Å². The molecule has 1 heterocycles. The summed E-state index contributed by atoms with van der Waals surface area (Å²) in [6.07, 6.45) is 1.91. The van der Waals surface area contributed by atoms with Gasteiger partial charge in [-0.15, -0.1) is 0 Å². The van der Waals surface area contributed by atoms with Gasteiger partial charge in [-0.3, -0.25) is 0 Å². The molecular formula is C10H20N2O3S2. The van der Waals surface area contributed by atoms with Gasteiger partial charge in [0.1, 0.15) is 5.25 Å². The van der Waals surface area contributed by atoms with Gasteiger partial charge in [-0.25, -0.2) is 8.42 Å². The van der Waals surface area contributed by atoms with E-state index in [9.17, 15) is 8.42 Å². The number of sulfonamides is 1. The van der Waals surface area contributed by atoms with Gasteiger partial charge in [0.2, 0.25) is 10.0 Å². The Morgan fingerprint density at radius 3 is 2.71 bits per heavy atom. The fraction of sp³-hybridized carbons (Fsp3) is 0.900. The molecule has 0 radical (unpaired) electrons. The average Bonchev–Trinajstić information content (AvgIpc) is 2.76. The molecule has 1 aliphatic heterocycles. The van der Waals surface area contributed by atoms with Gasteiger partial charge in [0.05, 0.1) is 11.1 Å². The van der Waals surface area contributed by atoms with Crippen molar-refractivity contribution in [1.82, 2.24) is 4.31 Å². The highest BCUT2D eigenvalue weighted by molar-refractivity contribution is 7.92. The molecule has 0 amide bonds. The number of rotatable bonds is 6. The Labute approximate surface area is 108 Å². The van der Waals surface area contributed by atoms with E-state index in [0.29, 0.717) is 19.7 Å². The van der Waals surface area contributed by atoms with Crippen molar-refractivity contribution >= 4 is 27.2 Å². The Hall–Kier alpha value is -0.240. The van der Waals surface area contributed by atoms with Gasteiger partial charge in [0, 0.05) is 19.7 Å². The first kappa shape index (κ1) is 14.8. The van der Waals surface area contributed by atoms with Crippen molar-refractivity contribution < 1.29 is 13.2 Å². The highest BCUT2D eigenvalue weighted by atomic mass is 32.2. The number of likely N-dealkylation sites (N-methyl/N-ethyl adjacent to an activating group) is 1. The second-order valence-corrected chi connectivity index (χ2v) is 6.90. The van der Waals surface area contributed by atoms with Gasteiger partial charge < -0.3 is 10.5 Å². The zero-order valence-electron chi connectivity index (χ0n) is 10.3. The van der Waals surface area contributed by atoms with Crippen molar-refractivity contribution in [3.8, 4) is 0 Å². The van der Waals surface area contributed by atoms with E-state index >= 15 is 0 Å². The molecule has 1 saturated heterocycles. The summed E-state index contributed by atoms with van der Waals surface area (Å²) < 4.78 is 31.2. The summed E-state index contributed by atoms with van der Waals surface area (Å²) in [5.41, 5.74) is 5.42. The zero-order chi connectivity index (χ0) is 13.1. The van der Waals surface area contributed by atoms with Crippen LogP contribution in [-0.2, 0) is 14.8 Å². The fourth-order valence-corrected chi connectivity index (χ4v) is 3.64. The first-order valence-electron chi connectivity index (χ1n) is 5.79. The van der Waals surface area contributed by atoms with E-state index in [1.54, 1.807) is 6.92 Å². The lowest BCUT2D eigenvalue weighted by atomic mass is 10.2. The molecular weight excluding hydrogens is 260 g/mol. The van der Waals surface area contributed by atoms with Crippen molar-refractivity contribution in [2.75, 3.05) is 19.7 Å². The van der Waals surface area contributed by atoms with Crippen LogP contribution >= 0.6 is 12.2 Å². The molecule has 0 aromatic rings. The third-order valence-electron chi connectivity index (χ3n) is 2.99. The van der Waals surface area contributed by atoms with Crippen molar-refractivity contribution in [2.45, 2.75) is 38.0 Å². The highest BCUT2D eigenvalue weighted by Gasteiger charge is 2.32. The SMILES string of the molecule is CCN(CC1CCCO1)S(=O)(=O)C(C)C(N)=S. The highest BCUT2D eigenvalue weighted by Crippen LogP contribution is 2.17. The molecule has 2 atom stereocenters. The van der Waals surface area contributed by atoms with Crippen molar-refractivity contribution in [1.29, 1.82) is 0 Å². The standard InChI is InChI=1S/C10H20N2O3S2/c1-3-12(7-9-5-4-6-15-9)17(13,14)8(2)10(11)16/h8-9H,3-7H2,1-2H3,(H2,11,16). The van der Waals surface area contributed by atoms with E-state index in [1.165, 1.54) is 11.2 Å². The lowest BCUT2D eigenvalue weighted by Crippen LogP contribution is -2.45. The van der Waals surface area contributed by atoms with Crippen LogP contribution in [0.3, 0.4) is 0 Å². The number of thiocarbonyl (C=S) groups is 1. The Kier molecular flexibility index (Phi) is 5.30. The number of nitrogens with two attached hydrogens (primary N) is 1. The minimum atomic E-state index is -3.45. The van der Waals surface area contributed by atoms with Crippen LogP contribution in [0, 0.1) is 0 Å². The van der Waals surface area contributed by atoms with Crippen LogP contribution in [0.2, 0.25) is 0 Å². The minimum Gasteiger partial charge on any atom is -0.392 e. The van der Waals surface area contributed by atoms with Gasteiger partial charge in [-0.1, -0.05) is 19.1 Å². The smallest absolute Gasteiger partial charge is 0.223 e. The monoisotopic (exact) mass is 280 g/mol.